The molecule has 1 aromatic carbocycles. The zero-order valence-corrected chi connectivity index (χ0v) is 17.1. The molecule has 6 nitrogen and oxygen atoms in total. The minimum Gasteiger partial charge on any atom is -0.390 e. The van der Waals surface area contributed by atoms with Crippen molar-refractivity contribution in [3.8, 4) is 11.3 Å². The summed E-state index contributed by atoms with van der Waals surface area (Å²) in [7, 11) is 0. The number of halogens is 2. The number of alkyl halides is 1. The standard InChI is InChI=1S/C19H17ClIN3O3/c20-13-4-1-11(2-5-13)17-14(10-25)24-9-12(3-6-16(24)22-17)19(27)23-8-7-15(26)18(23)21/h1-6,9,15,18,25-26H,7-8,10H2/t15-,18?/m1/s1. The number of hydrogen-bond acceptors (Lipinski definition) is 4. The van der Waals surface area contributed by atoms with E-state index in [1.807, 2.05) is 12.1 Å². The van der Waals surface area contributed by atoms with Gasteiger partial charge in [0.05, 0.1) is 29.7 Å². The molecule has 8 heteroatoms. The summed E-state index contributed by atoms with van der Waals surface area (Å²) in [6.07, 6.45) is 1.77. The first-order valence-corrected chi connectivity index (χ1v) is 10.1. The van der Waals surface area contributed by atoms with Gasteiger partial charge in [-0.2, -0.15) is 0 Å². The number of imidazole rings is 1. The molecule has 3 heterocycles. The van der Waals surface area contributed by atoms with E-state index in [1.54, 1.807) is 39.8 Å². The molecule has 4 rings (SSSR count). The fourth-order valence-corrected chi connectivity index (χ4v) is 4.35. The van der Waals surface area contributed by atoms with Crippen LogP contribution < -0.4 is 0 Å². The molecular weight excluding hydrogens is 481 g/mol. The molecule has 1 amide bonds. The molecule has 1 saturated heterocycles. The number of carbonyl (C=O) groups is 1. The van der Waals surface area contributed by atoms with Crippen molar-refractivity contribution in [3.63, 3.8) is 0 Å². The van der Waals surface area contributed by atoms with Crippen molar-refractivity contribution < 1.29 is 15.0 Å². The maximum absolute atomic E-state index is 12.9. The van der Waals surface area contributed by atoms with Crippen LogP contribution in [0, 0.1) is 0 Å². The fourth-order valence-electron chi connectivity index (χ4n) is 3.33. The number of carbonyl (C=O) groups excluding carboxylic acids is 1. The Hall–Kier alpha value is -1.68. The van der Waals surface area contributed by atoms with Gasteiger partial charge < -0.3 is 19.5 Å². The molecule has 0 radical (unpaired) electrons. The van der Waals surface area contributed by atoms with Crippen molar-refractivity contribution in [2.24, 2.45) is 0 Å². The van der Waals surface area contributed by atoms with E-state index < -0.39 is 6.10 Å². The van der Waals surface area contributed by atoms with Crippen molar-refractivity contribution in [1.29, 1.82) is 0 Å². The molecule has 2 N–H and O–H groups in total. The van der Waals surface area contributed by atoms with Gasteiger partial charge in [0.15, 0.2) is 0 Å². The highest BCUT2D eigenvalue weighted by atomic mass is 127. The maximum Gasteiger partial charge on any atom is 0.256 e. The number of nitrogens with zero attached hydrogens (tertiary/aromatic N) is 3. The van der Waals surface area contributed by atoms with Gasteiger partial charge in [-0.05, 0) is 30.7 Å². The summed E-state index contributed by atoms with van der Waals surface area (Å²) in [4.78, 5) is 19.1. The number of aliphatic hydroxyl groups excluding tert-OH is 2. The minimum atomic E-state index is -0.504. The summed E-state index contributed by atoms with van der Waals surface area (Å²) in [5.41, 5.74) is 3.24. The molecule has 0 aliphatic carbocycles. The zero-order chi connectivity index (χ0) is 19.1. The first-order valence-electron chi connectivity index (χ1n) is 8.50. The number of pyridine rings is 1. The van der Waals surface area contributed by atoms with E-state index in [1.165, 1.54) is 0 Å². The number of fused-ring (bicyclic) bond motifs is 1. The molecule has 1 fully saturated rings. The quantitative estimate of drug-likeness (QED) is 0.331. The average molecular weight is 498 g/mol. The summed E-state index contributed by atoms with van der Waals surface area (Å²) in [6.45, 7) is 0.312. The summed E-state index contributed by atoms with van der Waals surface area (Å²) in [5, 5.41) is 20.5. The minimum absolute atomic E-state index is 0.140. The van der Waals surface area contributed by atoms with Crippen molar-refractivity contribution in [1.82, 2.24) is 14.3 Å². The first kappa shape index (κ1) is 18.7. The number of rotatable bonds is 3. The summed E-state index contributed by atoms with van der Waals surface area (Å²) >= 11 is 8.05. The second kappa shape index (κ2) is 7.38. The van der Waals surface area contributed by atoms with Gasteiger partial charge in [0.25, 0.3) is 5.91 Å². The van der Waals surface area contributed by atoms with Crippen LogP contribution >= 0.6 is 34.2 Å². The van der Waals surface area contributed by atoms with E-state index in [0.717, 1.165) is 5.56 Å². The highest BCUT2D eigenvalue weighted by Crippen LogP contribution is 2.28. The van der Waals surface area contributed by atoms with E-state index in [0.29, 0.717) is 40.6 Å². The number of benzene rings is 1. The Bertz CT molecular complexity index is 1010. The SMILES string of the molecule is O=C(c1ccc2nc(-c3ccc(Cl)cc3)c(CO)n2c1)N1CC[C@@H](O)C1I. The van der Waals surface area contributed by atoms with Gasteiger partial charge in [0, 0.05) is 23.3 Å². The van der Waals surface area contributed by atoms with Gasteiger partial charge in [-0.25, -0.2) is 4.98 Å². The Morgan fingerprint density at radius 2 is 2.00 bits per heavy atom. The topological polar surface area (TPSA) is 78.1 Å². The molecule has 1 unspecified atom stereocenters. The lowest BCUT2D eigenvalue weighted by Gasteiger charge is -2.21. The monoisotopic (exact) mass is 497 g/mol. The van der Waals surface area contributed by atoms with Gasteiger partial charge in [-0.3, -0.25) is 4.79 Å². The predicted molar refractivity (Wildman–Crippen MR) is 111 cm³/mol. The third-order valence-electron chi connectivity index (χ3n) is 4.77. The van der Waals surface area contributed by atoms with Crippen molar-refractivity contribution in [2.75, 3.05) is 6.54 Å². The number of likely N-dealkylation sites (tertiary alicyclic amines) is 1. The molecular formula is C19H17ClIN3O3. The largest absolute Gasteiger partial charge is 0.390 e. The van der Waals surface area contributed by atoms with E-state index in [4.69, 9.17) is 11.6 Å². The van der Waals surface area contributed by atoms with Gasteiger partial charge >= 0.3 is 0 Å². The molecule has 2 atom stereocenters. The number of aromatic nitrogens is 2. The Balaban J connectivity index is 1.76. The van der Waals surface area contributed by atoms with Crippen molar-refractivity contribution >= 4 is 45.7 Å². The van der Waals surface area contributed by atoms with E-state index in [2.05, 4.69) is 27.6 Å². The molecule has 0 bridgehead atoms. The molecule has 140 valence electrons. The van der Waals surface area contributed by atoms with Crippen LogP contribution in [0.3, 0.4) is 0 Å². The van der Waals surface area contributed by atoms with Crippen LogP contribution in [0.1, 0.15) is 22.5 Å². The van der Waals surface area contributed by atoms with Crippen LogP contribution in [0.25, 0.3) is 16.9 Å². The molecule has 1 aliphatic rings. The Morgan fingerprint density at radius 1 is 1.26 bits per heavy atom. The third kappa shape index (κ3) is 3.33. The van der Waals surface area contributed by atoms with E-state index in [-0.39, 0.29) is 16.6 Å². The third-order valence-corrected chi connectivity index (χ3v) is 6.53. The summed E-state index contributed by atoms with van der Waals surface area (Å²) in [5.74, 6) is -0.140. The number of hydrogen-bond donors (Lipinski definition) is 2. The molecule has 0 spiro atoms. The Labute approximate surface area is 174 Å². The highest BCUT2D eigenvalue weighted by molar-refractivity contribution is 14.1. The van der Waals surface area contributed by atoms with Crippen molar-refractivity contribution in [2.45, 2.75) is 23.2 Å². The van der Waals surface area contributed by atoms with Crippen LogP contribution in [0.2, 0.25) is 5.02 Å². The van der Waals surface area contributed by atoms with Gasteiger partial charge in [-0.15, -0.1) is 0 Å². The average Bonchev–Trinajstić information content (AvgIpc) is 3.21. The van der Waals surface area contributed by atoms with Gasteiger partial charge in [-0.1, -0.05) is 46.3 Å². The number of amides is 1. The first-order chi connectivity index (χ1) is 13.0. The summed E-state index contributed by atoms with van der Waals surface area (Å²) in [6, 6.07) is 10.7. The molecule has 0 saturated carbocycles. The van der Waals surface area contributed by atoms with Crippen LogP contribution in [0.15, 0.2) is 42.6 Å². The fraction of sp³-hybridized carbons (Fsp3) is 0.263. The van der Waals surface area contributed by atoms with Crippen LogP contribution in [0.4, 0.5) is 0 Å². The summed E-state index contributed by atoms with van der Waals surface area (Å²) < 4.78 is 1.50. The van der Waals surface area contributed by atoms with Gasteiger partial charge in [0.2, 0.25) is 0 Å². The van der Waals surface area contributed by atoms with E-state index >= 15 is 0 Å². The Morgan fingerprint density at radius 3 is 2.63 bits per heavy atom. The molecule has 3 aromatic rings. The Kier molecular flexibility index (Phi) is 5.11. The predicted octanol–water partition coefficient (Wildman–Crippen LogP) is 3.11. The lowest BCUT2D eigenvalue weighted by Crippen LogP contribution is -2.35. The highest BCUT2D eigenvalue weighted by Gasteiger charge is 2.34. The van der Waals surface area contributed by atoms with Crippen LogP contribution in [-0.2, 0) is 6.61 Å². The molecule has 2 aromatic heterocycles. The van der Waals surface area contributed by atoms with E-state index in [9.17, 15) is 15.0 Å². The normalized spacial score (nSPS) is 19.8. The van der Waals surface area contributed by atoms with Crippen LogP contribution in [-0.4, -0.2) is 47.1 Å². The maximum atomic E-state index is 12.9. The van der Waals surface area contributed by atoms with Crippen molar-refractivity contribution in [3.05, 3.63) is 58.9 Å². The molecule has 1 aliphatic heterocycles. The lowest BCUT2D eigenvalue weighted by molar-refractivity contribution is 0.0750. The lowest BCUT2D eigenvalue weighted by atomic mass is 10.1. The molecule has 27 heavy (non-hydrogen) atoms. The number of aliphatic hydroxyl groups is 2. The second-order valence-electron chi connectivity index (χ2n) is 6.45. The van der Waals surface area contributed by atoms with Crippen LogP contribution in [0.5, 0.6) is 0 Å². The second-order valence-corrected chi connectivity index (χ2v) is 8.16. The smallest absolute Gasteiger partial charge is 0.256 e. The zero-order valence-electron chi connectivity index (χ0n) is 14.2. The van der Waals surface area contributed by atoms with Gasteiger partial charge in [0.1, 0.15) is 9.70 Å².